The predicted octanol–water partition coefficient (Wildman–Crippen LogP) is 2.04. The topological polar surface area (TPSA) is 75.7 Å². The van der Waals surface area contributed by atoms with Crippen LogP contribution in [0.4, 0.5) is 0 Å². The SMILES string of the molecule is CCOC(=O)[C@@]12C[C@@H]1/C=C\CCCCN(C)C(=O)[C@@H]1CCC[C@H]1C(=O)N2. The molecule has 0 aromatic heterocycles. The normalized spacial score (nSPS) is 36.4. The van der Waals surface area contributed by atoms with E-state index < -0.39 is 5.54 Å². The van der Waals surface area contributed by atoms with Crippen molar-refractivity contribution >= 4 is 17.8 Å². The van der Waals surface area contributed by atoms with Crippen LogP contribution in [0.5, 0.6) is 0 Å². The maximum absolute atomic E-state index is 13.0. The van der Waals surface area contributed by atoms with Gasteiger partial charge in [-0.25, -0.2) is 4.79 Å². The number of hydrogen-bond donors (Lipinski definition) is 1. The van der Waals surface area contributed by atoms with Crippen LogP contribution in [0.3, 0.4) is 0 Å². The molecule has 2 fully saturated rings. The third-order valence-electron chi connectivity index (χ3n) is 6.03. The van der Waals surface area contributed by atoms with E-state index in [0.29, 0.717) is 19.4 Å². The minimum Gasteiger partial charge on any atom is -0.464 e. The molecule has 6 nitrogen and oxygen atoms in total. The molecule has 2 saturated carbocycles. The first kappa shape index (κ1) is 18.9. The Labute approximate surface area is 155 Å². The molecule has 3 aliphatic rings. The first-order valence-electron chi connectivity index (χ1n) is 9.90. The molecular weight excluding hydrogens is 332 g/mol. The van der Waals surface area contributed by atoms with Crippen molar-refractivity contribution in [1.29, 1.82) is 0 Å². The average Bonchev–Trinajstić information content (AvgIpc) is 3.09. The summed E-state index contributed by atoms with van der Waals surface area (Å²) in [4.78, 5) is 40.0. The predicted molar refractivity (Wildman–Crippen MR) is 97.1 cm³/mol. The first-order valence-corrected chi connectivity index (χ1v) is 9.90. The minimum absolute atomic E-state index is 0.00771. The zero-order chi connectivity index (χ0) is 18.7. The number of carbonyl (C=O) groups excluding carboxylic acids is 3. The molecule has 0 unspecified atom stereocenters. The lowest BCUT2D eigenvalue weighted by Crippen LogP contribution is -2.50. The second kappa shape index (κ2) is 7.80. The summed E-state index contributed by atoms with van der Waals surface area (Å²) < 4.78 is 5.23. The third kappa shape index (κ3) is 3.64. The van der Waals surface area contributed by atoms with Gasteiger partial charge in [0.25, 0.3) is 0 Å². The maximum atomic E-state index is 13.0. The van der Waals surface area contributed by atoms with Crippen molar-refractivity contribution in [1.82, 2.24) is 10.2 Å². The molecule has 2 amide bonds. The van der Waals surface area contributed by atoms with Gasteiger partial charge in [0.05, 0.1) is 6.61 Å². The summed E-state index contributed by atoms with van der Waals surface area (Å²) >= 11 is 0. The highest BCUT2D eigenvalue weighted by atomic mass is 16.5. The van der Waals surface area contributed by atoms with Gasteiger partial charge in [-0.15, -0.1) is 0 Å². The molecule has 0 radical (unpaired) electrons. The Morgan fingerprint density at radius 1 is 1.27 bits per heavy atom. The third-order valence-corrected chi connectivity index (χ3v) is 6.03. The molecule has 26 heavy (non-hydrogen) atoms. The zero-order valence-corrected chi connectivity index (χ0v) is 15.8. The number of rotatable bonds is 2. The van der Waals surface area contributed by atoms with Crippen LogP contribution >= 0.6 is 0 Å². The van der Waals surface area contributed by atoms with Crippen LogP contribution < -0.4 is 5.32 Å². The van der Waals surface area contributed by atoms with E-state index in [0.717, 1.165) is 38.6 Å². The Kier molecular flexibility index (Phi) is 5.68. The smallest absolute Gasteiger partial charge is 0.332 e. The van der Waals surface area contributed by atoms with Gasteiger partial charge in [0.2, 0.25) is 11.8 Å². The van der Waals surface area contributed by atoms with Crippen molar-refractivity contribution in [2.24, 2.45) is 17.8 Å². The molecule has 4 atom stereocenters. The first-order chi connectivity index (χ1) is 12.5. The maximum Gasteiger partial charge on any atom is 0.332 e. The number of amides is 2. The van der Waals surface area contributed by atoms with Crippen LogP contribution in [0.1, 0.15) is 51.9 Å². The molecule has 1 heterocycles. The molecule has 2 aliphatic carbocycles. The molecule has 1 N–H and O–H groups in total. The van der Waals surface area contributed by atoms with Crippen molar-refractivity contribution in [3.05, 3.63) is 12.2 Å². The van der Waals surface area contributed by atoms with E-state index in [1.165, 1.54) is 0 Å². The molecule has 0 aromatic carbocycles. The number of hydrogen-bond acceptors (Lipinski definition) is 4. The fourth-order valence-corrected chi connectivity index (χ4v) is 4.36. The lowest BCUT2D eigenvalue weighted by molar-refractivity contribution is -0.150. The lowest BCUT2D eigenvalue weighted by Gasteiger charge is -2.26. The van der Waals surface area contributed by atoms with Crippen LogP contribution in [0.25, 0.3) is 0 Å². The Balaban J connectivity index is 1.83. The van der Waals surface area contributed by atoms with E-state index in [2.05, 4.69) is 11.4 Å². The van der Waals surface area contributed by atoms with Gasteiger partial charge in [-0.05, 0) is 45.4 Å². The van der Waals surface area contributed by atoms with Crippen molar-refractivity contribution in [2.45, 2.75) is 57.4 Å². The van der Waals surface area contributed by atoms with Gasteiger partial charge in [-0.3, -0.25) is 9.59 Å². The second-order valence-electron chi connectivity index (χ2n) is 7.82. The standard InChI is InChI=1S/C20H30N2O4/c1-3-26-19(25)20-13-14(20)9-6-4-5-7-12-22(2)18(24)16-11-8-10-15(16)17(23)21-20/h6,9,14-16H,3-5,7-8,10-13H2,1-2H3,(H,21,23)/b9-6-/t14-,15+,16+,20+/m0/s1. The average molecular weight is 362 g/mol. The number of nitrogens with one attached hydrogen (secondary N) is 1. The molecule has 144 valence electrons. The molecule has 0 aromatic rings. The number of carbonyl (C=O) groups is 3. The van der Waals surface area contributed by atoms with E-state index in [4.69, 9.17) is 4.74 Å². The number of ether oxygens (including phenoxy) is 1. The van der Waals surface area contributed by atoms with Gasteiger partial charge >= 0.3 is 5.97 Å². The summed E-state index contributed by atoms with van der Waals surface area (Å²) in [6.45, 7) is 2.80. The van der Waals surface area contributed by atoms with Crippen molar-refractivity contribution in [3.63, 3.8) is 0 Å². The quantitative estimate of drug-likeness (QED) is 0.602. The van der Waals surface area contributed by atoms with Gasteiger partial charge in [-0.2, -0.15) is 0 Å². The van der Waals surface area contributed by atoms with Gasteiger partial charge in [-0.1, -0.05) is 18.6 Å². The monoisotopic (exact) mass is 362 g/mol. The molecular formula is C20H30N2O4. The highest BCUT2D eigenvalue weighted by Gasteiger charge is 2.62. The number of allylic oxidation sites excluding steroid dienone is 1. The van der Waals surface area contributed by atoms with Crippen molar-refractivity contribution in [2.75, 3.05) is 20.2 Å². The molecule has 0 spiro atoms. The van der Waals surface area contributed by atoms with E-state index in [9.17, 15) is 14.4 Å². The summed E-state index contributed by atoms with van der Waals surface area (Å²) in [6.07, 6.45) is 9.91. The number of esters is 1. The summed E-state index contributed by atoms with van der Waals surface area (Å²) in [5.74, 6) is -1.08. The number of fused-ring (bicyclic) bond motifs is 2. The summed E-state index contributed by atoms with van der Waals surface area (Å²) in [7, 11) is 1.83. The Hall–Kier alpha value is -1.85. The summed E-state index contributed by atoms with van der Waals surface area (Å²) in [6, 6.07) is 0. The minimum atomic E-state index is -0.935. The molecule has 1 aliphatic heterocycles. The van der Waals surface area contributed by atoms with E-state index in [-0.39, 0.29) is 35.5 Å². The largest absolute Gasteiger partial charge is 0.464 e. The second-order valence-corrected chi connectivity index (χ2v) is 7.82. The summed E-state index contributed by atoms with van der Waals surface area (Å²) in [5.41, 5.74) is -0.935. The molecule has 3 rings (SSSR count). The Bertz CT molecular complexity index is 603. The van der Waals surface area contributed by atoms with Gasteiger partial charge in [0.1, 0.15) is 5.54 Å². The van der Waals surface area contributed by atoms with Crippen molar-refractivity contribution in [3.8, 4) is 0 Å². The molecule has 6 heteroatoms. The highest BCUT2D eigenvalue weighted by Crippen LogP contribution is 2.47. The highest BCUT2D eigenvalue weighted by molar-refractivity contribution is 5.94. The van der Waals surface area contributed by atoms with E-state index >= 15 is 0 Å². The zero-order valence-electron chi connectivity index (χ0n) is 15.8. The van der Waals surface area contributed by atoms with Crippen LogP contribution in [0.15, 0.2) is 12.2 Å². The van der Waals surface area contributed by atoms with Crippen molar-refractivity contribution < 1.29 is 19.1 Å². The van der Waals surface area contributed by atoms with Gasteiger partial charge in [0, 0.05) is 31.3 Å². The molecule has 0 bridgehead atoms. The van der Waals surface area contributed by atoms with Gasteiger partial charge in [0.15, 0.2) is 0 Å². The lowest BCUT2D eigenvalue weighted by atomic mass is 9.93. The summed E-state index contributed by atoms with van der Waals surface area (Å²) in [5, 5.41) is 2.98. The van der Waals surface area contributed by atoms with Crippen LogP contribution in [-0.4, -0.2) is 48.4 Å². The fourth-order valence-electron chi connectivity index (χ4n) is 4.36. The van der Waals surface area contributed by atoms with E-state index in [1.807, 2.05) is 13.1 Å². The van der Waals surface area contributed by atoms with E-state index in [1.54, 1.807) is 11.8 Å². The fraction of sp³-hybridized carbons (Fsp3) is 0.750. The van der Waals surface area contributed by atoms with Crippen LogP contribution in [0, 0.1) is 17.8 Å². The Morgan fingerprint density at radius 3 is 2.81 bits per heavy atom. The van der Waals surface area contributed by atoms with Crippen LogP contribution in [0.2, 0.25) is 0 Å². The molecule has 0 saturated heterocycles. The Morgan fingerprint density at radius 2 is 2.04 bits per heavy atom. The number of nitrogens with zero attached hydrogens (tertiary/aromatic N) is 1. The van der Waals surface area contributed by atoms with Gasteiger partial charge < -0.3 is 15.0 Å². The van der Waals surface area contributed by atoms with Crippen LogP contribution in [-0.2, 0) is 19.1 Å².